The molecule has 1 aliphatic carbocycles. The van der Waals surface area contributed by atoms with Crippen molar-refractivity contribution in [2.75, 3.05) is 18.5 Å². The highest BCUT2D eigenvalue weighted by Crippen LogP contribution is 2.32. The highest BCUT2D eigenvalue weighted by atomic mass is 15.2. The first-order valence-corrected chi connectivity index (χ1v) is 17.1. The lowest BCUT2D eigenvalue weighted by atomic mass is 9.85. The lowest BCUT2D eigenvalue weighted by Gasteiger charge is -2.32. The maximum Gasteiger partial charge on any atom is 0.135 e. The van der Waals surface area contributed by atoms with Gasteiger partial charge in [0.05, 0.1) is 18.3 Å². The summed E-state index contributed by atoms with van der Waals surface area (Å²) in [5.41, 5.74) is 9.71. The summed E-state index contributed by atoms with van der Waals surface area (Å²) in [4.78, 5) is 12.3. The molecule has 0 N–H and O–H groups in total. The van der Waals surface area contributed by atoms with Crippen LogP contribution in [0.15, 0.2) is 191 Å². The number of aliphatic imine (C=N–C) groups is 2. The Morgan fingerprint density at radius 3 is 2.30 bits per heavy atom. The third kappa shape index (κ3) is 10.9. The van der Waals surface area contributed by atoms with Crippen LogP contribution in [0.2, 0.25) is 0 Å². The topological polar surface area (TPSA) is 28.0 Å². The van der Waals surface area contributed by atoms with Crippen molar-refractivity contribution in [3.8, 4) is 12.3 Å². The van der Waals surface area contributed by atoms with E-state index in [1.807, 2.05) is 56.5 Å². The van der Waals surface area contributed by atoms with Crippen molar-refractivity contribution in [3.63, 3.8) is 0 Å². The van der Waals surface area contributed by atoms with E-state index < -0.39 is 0 Å². The van der Waals surface area contributed by atoms with Crippen LogP contribution in [0, 0.1) is 12.3 Å². The lowest BCUT2D eigenvalue weighted by Crippen LogP contribution is -2.39. The van der Waals surface area contributed by atoms with Gasteiger partial charge in [-0.25, -0.2) is 0 Å². The van der Waals surface area contributed by atoms with E-state index in [2.05, 4.69) is 136 Å². The molecular formula is C47H51N3. The fourth-order valence-electron chi connectivity index (χ4n) is 5.61. The zero-order valence-corrected chi connectivity index (χ0v) is 30.4. The van der Waals surface area contributed by atoms with Crippen LogP contribution in [0.3, 0.4) is 0 Å². The third-order valence-corrected chi connectivity index (χ3v) is 8.17. The van der Waals surface area contributed by atoms with E-state index in [-0.39, 0.29) is 6.04 Å². The molecule has 3 nitrogen and oxygen atoms in total. The van der Waals surface area contributed by atoms with Crippen molar-refractivity contribution in [2.45, 2.75) is 46.6 Å². The third-order valence-electron chi connectivity index (χ3n) is 8.17. The summed E-state index contributed by atoms with van der Waals surface area (Å²) in [6, 6.07) is 19.1. The van der Waals surface area contributed by atoms with Crippen molar-refractivity contribution in [1.29, 1.82) is 0 Å². The molecule has 3 rings (SSSR count). The molecular weight excluding hydrogens is 607 g/mol. The predicted molar refractivity (Wildman–Crippen MR) is 222 cm³/mol. The van der Waals surface area contributed by atoms with Crippen LogP contribution in [0.25, 0.3) is 5.57 Å². The summed E-state index contributed by atoms with van der Waals surface area (Å²) in [6.07, 6.45) is 37.7. The number of hydrogen-bond donors (Lipinski definition) is 0. The number of hydrogen-bond acceptors (Lipinski definition) is 2. The summed E-state index contributed by atoms with van der Waals surface area (Å²) in [5, 5.41) is 0. The van der Waals surface area contributed by atoms with Gasteiger partial charge in [-0.05, 0) is 81.5 Å². The van der Waals surface area contributed by atoms with Gasteiger partial charge in [0.25, 0.3) is 0 Å². The SMILES string of the molecule is C#C/C=C\C1=C(C)C=C/C(=C(/C/C=C\C)c2ccc(C(=NC)N(c3ccccc3)C(C=C)C/C=C\C=C/C)cc2)C1=NC/C(C)=C/C=C\C=C. The van der Waals surface area contributed by atoms with Crippen LogP contribution < -0.4 is 4.90 Å². The minimum Gasteiger partial charge on any atom is -0.319 e. The molecule has 0 amide bonds. The van der Waals surface area contributed by atoms with Crippen LogP contribution >= 0.6 is 0 Å². The molecule has 0 spiro atoms. The fraction of sp³-hybridized carbons (Fsp3) is 0.191. The van der Waals surface area contributed by atoms with Gasteiger partial charge >= 0.3 is 0 Å². The Kier molecular flexibility index (Phi) is 16.5. The van der Waals surface area contributed by atoms with E-state index in [4.69, 9.17) is 16.4 Å². The highest BCUT2D eigenvalue weighted by molar-refractivity contribution is 6.21. The van der Waals surface area contributed by atoms with Crippen molar-refractivity contribution < 1.29 is 0 Å². The van der Waals surface area contributed by atoms with Gasteiger partial charge in [-0.3, -0.25) is 9.98 Å². The quantitative estimate of drug-likeness (QED) is 0.0616. The maximum atomic E-state index is 5.66. The van der Waals surface area contributed by atoms with Gasteiger partial charge in [0.1, 0.15) is 5.84 Å². The van der Waals surface area contributed by atoms with Crippen molar-refractivity contribution >= 4 is 22.8 Å². The average Bonchev–Trinajstić information content (AvgIpc) is 3.14. The number of allylic oxidation sites excluding steroid dienone is 17. The van der Waals surface area contributed by atoms with E-state index in [0.717, 1.165) is 63.5 Å². The Morgan fingerprint density at radius 1 is 0.920 bits per heavy atom. The second-order valence-corrected chi connectivity index (χ2v) is 11.7. The van der Waals surface area contributed by atoms with E-state index in [9.17, 15) is 0 Å². The number of terminal acetylenes is 1. The number of amidine groups is 1. The van der Waals surface area contributed by atoms with Crippen LogP contribution in [-0.2, 0) is 0 Å². The Hall–Kier alpha value is -5.72. The molecule has 254 valence electrons. The maximum absolute atomic E-state index is 5.66. The van der Waals surface area contributed by atoms with Gasteiger partial charge in [-0.1, -0.05) is 140 Å². The van der Waals surface area contributed by atoms with Gasteiger partial charge in [0.15, 0.2) is 0 Å². The fourth-order valence-corrected chi connectivity index (χ4v) is 5.61. The molecule has 50 heavy (non-hydrogen) atoms. The molecule has 0 saturated carbocycles. The van der Waals surface area contributed by atoms with Crippen LogP contribution in [-0.4, -0.2) is 31.2 Å². The minimum atomic E-state index is 0.00470. The smallest absolute Gasteiger partial charge is 0.135 e. The van der Waals surface area contributed by atoms with Crippen LogP contribution in [0.1, 0.15) is 51.7 Å². The van der Waals surface area contributed by atoms with Crippen molar-refractivity contribution in [1.82, 2.24) is 0 Å². The molecule has 0 bridgehead atoms. The second kappa shape index (κ2) is 21.3. The Morgan fingerprint density at radius 2 is 1.66 bits per heavy atom. The molecule has 2 aromatic carbocycles. The molecule has 0 heterocycles. The first kappa shape index (κ1) is 38.7. The zero-order chi connectivity index (χ0) is 36.1. The van der Waals surface area contributed by atoms with Gasteiger partial charge in [0, 0.05) is 29.4 Å². The molecule has 1 atom stereocenters. The van der Waals surface area contributed by atoms with Crippen molar-refractivity contribution in [2.24, 2.45) is 9.98 Å². The summed E-state index contributed by atoms with van der Waals surface area (Å²) < 4.78 is 0. The first-order valence-electron chi connectivity index (χ1n) is 17.1. The molecule has 1 aliphatic rings. The second-order valence-electron chi connectivity index (χ2n) is 11.7. The van der Waals surface area contributed by atoms with Gasteiger partial charge in [-0.2, -0.15) is 0 Å². The van der Waals surface area contributed by atoms with E-state index >= 15 is 0 Å². The largest absolute Gasteiger partial charge is 0.319 e. The first-order chi connectivity index (χ1) is 24.4. The monoisotopic (exact) mass is 657 g/mol. The molecule has 0 radical (unpaired) electrons. The summed E-state index contributed by atoms with van der Waals surface area (Å²) in [5.74, 6) is 3.54. The number of rotatable bonds is 15. The number of anilines is 1. The van der Waals surface area contributed by atoms with E-state index in [1.165, 1.54) is 5.57 Å². The molecule has 0 aromatic heterocycles. The number of benzene rings is 2. The number of para-hydroxylation sites is 1. The Bertz CT molecular complexity index is 1840. The summed E-state index contributed by atoms with van der Waals surface area (Å²) in [6.45, 7) is 16.8. The molecule has 2 aromatic rings. The molecule has 1 unspecified atom stereocenters. The van der Waals surface area contributed by atoms with Gasteiger partial charge in [-0.15, -0.1) is 13.0 Å². The normalized spacial score (nSPS) is 16.8. The van der Waals surface area contributed by atoms with E-state index in [0.29, 0.717) is 6.54 Å². The summed E-state index contributed by atoms with van der Waals surface area (Å²) in [7, 11) is 1.85. The standard InChI is InChI=1S/C47H51N3/c1-9-14-18-21-25-41(13-5)50(42-26-22-19-23-27-42)47(48-8)40-33-31-39(32-34-40)44(29-17-12-4)45-35-30-38(7)43(28-16-11-3)46(45)49-36-37(6)24-20-15-10-2/h3,9-10,12-24,26-28,30-35,41H,2,5,25,29,36H2,1,4,6-8H3/b14-9-,17-12-,20-15-,21-18-,28-16-,37-24+,45-44+,48-47?,49-46?. The van der Waals surface area contributed by atoms with Crippen LogP contribution in [0.5, 0.6) is 0 Å². The number of nitrogens with zero attached hydrogens (tertiary/aromatic N) is 3. The minimum absolute atomic E-state index is 0.00470. The predicted octanol–water partition coefficient (Wildman–Crippen LogP) is 11.6. The Labute approximate surface area is 301 Å². The zero-order valence-electron chi connectivity index (χ0n) is 30.4. The Balaban J connectivity index is 2.17. The average molecular weight is 658 g/mol. The van der Waals surface area contributed by atoms with Crippen LogP contribution in [0.4, 0.5) is 5.69 Å². The van der Waals surface area contributed by atoms with Gasteiger partial charge < -0.3 is 4.90 Å². The molecule has 0 aliphatic heterocycles. The van der Waals surface area contributed by atoms with Gasteiger partial charge in [0.2, 0.25) is 0 Å². The summed E-state index contributed by atoms with van der Waals surface area (Å²) >= 11 is 0. The molecule has 0 saturated heterocycles. The van der Waals surface area contributed by atoms with Crippen molar-refractivity contribution in [3.05, 3.63) is 192 Å². The molecule has 3 heteroatoms. The lowest BCUT2D eigenvalue weighted by molar-refractivity contribution is 0.809. The molecule has 0 fully saturated rings. The van der Waals surface area contributed by atoms with E-state index in [1.54, 1.807) is 12.2 Å². The highest BCUT2D eigenvalue weighted by Gasteiger charge is 2.23.